The van der Waals surface area contributed by atoms with Crippen LogP contribution in [0, 0.1) is 5.92 Å². The molecule has 0 fully saturated rings. The van der Waals surface area contributed by atoms with Crippen molar-refractivity contribution in [2.45, 2.75) is 26.8 Å². The Morgan fingerprint density at radius 1 is 1.21 bits per heavy atom. The summed E-state index contributed by atoms with van der Waals surface area (Å²) in [6, 6.07) is 10.3. The van der Waals surface area contributed by atoms with Gasteiger partial charge in [-0.2, -0.15) is 10.1 Å². The third kappa shape index (κ3) is 4.81. The van der Waals surface area contributed by atoms with E-state index in [0.717, 1.165) is 22.4 Å². The summed E-state index contributed by atoms with van der Waals surface area (Å²) in [7, 11) is 1.59. The molecule has 0 saturated carbocycles. The molecule has 9 heteroatoms. The molecule has 2 aromatic heterocycles. The number of hydrogen-bond donors (Lipinski definition) is 2. The number of benzene rings is 1. The van der Waals surface area contributed by atoms with E-state index in [4.69, 9.17) is 4.74 Å². The predicted molar refractivity (Wildman–Crippen MR) is 104 cm³/mol. The molecule has 2 N–H and O–H groups in total. The van der Waals surface area contributed by atoms with Gasteiger partial charge in [0.15, 0.2) is 0 Å². The Kier molecular flexibility index (Phi) is 5.83. The van der Waals surface area contributed by atoms with Crippen LogP contribution in [0.1, 0.15) is 19.7 Å². The highest BCUT2D eigenvalue weighted by Gasteiger charge is 2.12. The average molecular weight is 382 g/mol. The minimum Gasteiger partial charge on any atom is -0.497 e. The SMILES string of the molecule is COc1ccc(-c2ccc(=O)n(CC(=O)Nc3n[nH]c(CC(C)C)n3)n2)cc1. The number of carbonyl (C=O) groups excluding carboxylic acids is 1. The van der Waals surface area contributed by atoms with Crippen LogP contribution in [0.25, 0.3) is 11.3 Å². The van der Waals surface area contributed by atoms with Gasteiger partial charge in [0.1, 0.15) is 18.1 Å². The highest BCUT2D eigenvalue weighted by atomic mass is 16.5. The monoisotopic (exact) mass is 382 g/mol. The molecule has 0 atom stereocenters. The molecule has 3 aromatic rings. The lowest BCUT2D eigenvalue weighted by Gasteiger charge is -2.07. The molecule has 0 saturated heterocycles. The van der Waals surface area contributed by atoms with E-state index < -0.39 is 5.91 Å². The highest BCUT2D eigenvalue weighted by Crippen LogP contribution is 2.19. The van der Waals surface area contributed by atoms with E-state index in [-0.39, 0.29) is 18.1 Å². The fraction of sp³-hybridized carbons (Fsp3) is 0.316. The number of methoxy groups -OCH3 is 1. The maximum absolute atomic E-state index is 12.3. The first-order valence-corrected chi connectivity index (χ1v) is 8.88. The molecule has 0 aliphatic heterocycles. The maximum atomic E-state index is 12.3. The van der Waals surface area contributed by atoms with E-state index in [2.05, 4.69) is 39.4 Å². The van der Waals surface area contributed by atoms with E-state index in [1.54, 1.807) is 25.3 Å². The molecule has 146 valence electrons. The van der Waals surface area contributed by atoms with Crippen LogP contribution in [0.2, 0.25) is 0 Å². The van der Waals surface area contributed by atoms with Gasteiger partial charge in [0.05, 0.1) is 12.8 Å². The number of rotatable bonds is 7. The van der Waals surface area contributed by atoms with Crippen LogP contribution in [0.4, 0.5) is 5.95 Å². The summed E-state index contributed by atoms with van der Waals surface area (Å²) >= 11 is 0. The van der Waals surface area contributed by atoms with Gasteiger partial charge in [0.2, 0.25) is 11.9 Å². The van der Waals surface area contributed by atoms with E-state index in [1.807, 2.05) is 12.1 Å². The molecule has 2 heterocycles. The number of nitrogens with one attached hydrogen (secondary N) is 2. The Labute approximate surface area is 161 Å². The number of amides is 1. The molecule has 28 heavy (non-hydrogen) atoms. The molecule has 1 amide bonds. The molecule has 3 rings (SSSR count). The zero-order chi connectivity index (χ0) is 20.1. The Balaban J connectivity index is 1.71. The molecule has 0 unspecified atom stereocenters. The van der Waals surface area contributed by atoms with Crippen LogP contribution in [-0.2, 0) is 17.8 Å². The molecule has 0 spiro atoms. The minimum atomic E-state index is -0.434. The first-order valence-electron chi connectivity index (χ1n) is 8.88. The molecule has 0 aliphatic rings. The molecule has 1 aromatic carbocycles. The van der Waals surface area contributed by atoms with Crippen LogP contribution < -0.4 is 15.6 Å². The van der Waals surface area contributed by atoms with Gasteiger partial charge in [-0.15, -0.1) is 5.10 Å². The van der Waals surface area contributed by atoms with Crippen molar-refractivity contribution in [3.63, 3.8) is 0 Å². The quantitative estimate of drug-likeness (QED) is 0.645. The molecular formula is C19H22N6O3. The molecule has 0 radical (unpaired) electrons. The number of aromatic amines is 1. The lowest BCUT2D eigenvalue weighted by Crippen LogP contribution is -2.29. The van der Waals surface area contributed by atoms with Gasteiger partial charge in [-0.3, -0.25) is 20.0 Å². The average Bonchev–Trinajstić information content (AvgIpc) is 3.09. The summed E-state index contributed by atoms with van der Waals surface area (Å²) in [5, 5.41) is 13.6. The largest absolute Gasteiger partial charge is 0.497 e. The van der Waals surface area contributed by atoms with Crippen LogP contribution >= 0.6 is 0 Å². The minimum absolute atomic E-state index is 0.181. The fourth-order valence-corrected chi connectivity index (χ4v) is 2.61. The third-order valence-corrected chi connectivity index (χ3v) is 3.93. The van der Waals surface area contributed by atoms with Gasteiger partial charge < -0.3 is 4.74 Å². The van der Waals surface area contributed by atoms with Crippen LogP contribution in [0.3, 0.4) is 0 Å². The third-order valence-electron chi connectivity index (χ3n) is 3.93. The smallest absolute Gasteiger partial charge is 0.267 e. The normalized spacial score (nSPS) is 10.9. The summed E-state index contributed by atoms with van der Waals surface area (Å²) in [4.78, 5) is 28.6. The van der Waals surface area contributed by atoms with Gasteiger partial charge in [-0.05, 0) is 36.2 Å². The van der Waals surface area contributed by atoms with Gasteiger partial charge in [-0.25, -0.2) is 4.68 Å². The van der Waals surface area contributed by atoms with Crippen molar-refractivity contribution in [3.8, 4) is 17.0 Å². The summed E-state index contributed by atoms with van der Waals surface area (Å²) in [6.07, 6.45) is 0.730. The second kappa shape index (κ2) is 8.47. The molecular weight excluding hydrogens is 360 g/mol. The first-order chi connectivity index (χ1) is 13.4. The van der Waals surface area contributed by atoms with Crippen molar-refractivity contribution in [1.29, 1.82) is 0 Å². The molecule has 0 aliphatic carbocycles. The van der Waals surface area contributed by atoms with Crippen molar-refractivity contribution in [2.24, 2.45) is 5.92 Å². The van der Waals surface area contributed by atoms with E-state index in [1.165, 1.54) is 6.07 Å². The van der Waals surface area contributed by atoms with Crippen LogP contribution in [-0.4, -0.2) is 38.0 Å². The number of carbonyl (C=O) groups is 1. The lowest BCUT2D eigenvalue weighted by atomic mass is 10.1. The standard InChI is InChI=1S/C19H22N6O3/c1-12(2)10-16-20-19(23-22-16)21-17(26)11-25-18(27)9-8-15(24-25)13-4-6-14(28-3)7-5-13/h4-9,12H,10-11H2,1-3H3,(H2,20,21,22,23,26). The van der Waals surface area contributed by atoms with Gasteiger partial charge in [0.25, 0.3) is 5.56 Å². The zero-order valence-corrected chi connectivity index (χ0v) is 16.0. The van der Waals surface area contributed by atoms with E-state index in [0.29, 0.717) is 17.4 Å². The van der Waals surface area contributed by atoms with Crippen molar-refractivity contribution in [1.82, 2.24) is 25.0 Å². The second-order valence-corrected chi connectivity index (χ2v) is 6.69. The van der Waals surface area contributed by atoms with Crippen molar-refractivity contribution < 1.29 is 9.53 Å². The summed E-state index contributed by atoms with van der Waals surface area (Å²) in [5.41, 5.74) is 1.01. The second-order valence-electron chi connectivity index (χ2n) is 6.69. The number of H-pyrrole nitrogens is 1. The summed E-state index contributed by atoms with van der Waals surface area (Å²) < 4.78 is 6.24. The first kappa shape index (κ1) is 19.3. The lowest BCUT2D eigenvalue weighted by molar-refractivity contribution is -0.117. The van der Waals surface area contributed by atoms with Gasteiger partial charge >= 0.3 is 0 Å². The molecule has 0 bridgehead atoms. The Hall–Kier alpha value is -3.49. The van der Waals surface area contributed by atoms with E-state index >= 15 is 0 Å². The number of nitrogens with zero attached hydrogens (tertiary/aromatic N) is 4. The summed E-state index contributed by atoms with van der Waals surface area (Å²) in [5.74, 6) is 1.58. The van der Waals surface area contributed by atoms with E-state index in [9.17, 15) is 9.59 Å². The Morgan fingerprint density at radius 2 is 1.96 bits per heavy atom. The predicted octanol–water partition coefficient (Wildman–Crippen LogP) is 1.87. The van der Waals surface area contributed by atoms with Crippen molar-refractivity contribution in [3.05, 3.63) is 52.6 Å². The number of aromatic nitrogens is 5. The van der Waals surface area contributed by atoms with Gasteiger partial charge in [0, 0.05) is 18.1 Å². The summed E-state index contributed by atoms with van der Waals surface area (Å²) in [6.45, 7) is 3.89. The highest BCUT2D eigenvalue weighted by molar-refractivity contribution is 5.88. The Bertz CT molecular complexity index is 1010. The van der Waals surface area contributed by atoms with Crippen LogP contribution in [0.5, 0.6) is 5.75 Å². The Morgan fingerprint density at radius 3 is 2.64 bits per heavy atom. The molecule has 9 nitrogen and oxygen atoms in total. The van der Waals surface area contributed by atoms with Crippen molar-refractivity contribution in [2.75, 3.05) is 12.4 Å². The zero-order valence-electron chi connectivity index (χ0n) is 16.0. The maximum Gasteiger partial charge on any atom is 0.267 e. The number of ether oxygens (including phenoxy) is 1. The topological polar surface area (TPSA) is 115 Å². The number of hydrogen-bond acceptors (Lipinski definition) is 6. The number of anilines is 1. The van der Waals surface area contributed by atoms with Crippen molar-refractivity contribution >= 4 is 11.9 Å². The van der Waals surface area contributed by atoms with Gasteiger partial charge in [-0.1, -0.05) is 13.8 Å². The fourth-order valence-electron chi connectivity index (χ4n) is 2.61. The van der Waals surface area contributed by atoms with Crippen LogP contribution in [0.15, 0.2) is 41.2 Å².